The lowest BCUT2D eigenvalue weighted by atomic mass is 9.91. The van der Waals surface area contributed by atoms with E-state index in [4.69, 9.17) is 14.4 Å². The summed E-state index contributed by atoms with van der Waals surface area (Å²) < 4.78 is 6.36. The molecule has 14 rings (SSSR count). The van der Waals surface area contributed by atoms with Gasteiger partial charge in [0.1, 0.15) is 11.2 Å². The van der Waals surface area contributed by atoms with E-state index in [1.165, 1.54) is 32.7 Å². The van der Waals surface area contributed by atoms with Crippen LogP contribution in [0.4, 0.5) is 0 Å². The van der Waals surface area contributed by atoms with Gasteiger partial charge in [-0.15, -0.1) is 0 Å². The first-order chi connectivity index (χ1) is 34.2. The molecular formula is C66H40N2O. The Hall–Kier alpha value is -9.18. The van der Waals surface area contributed by atoms with Crippen molar-refractivity contribution in [3.8, 4) is 66.9 Å². The Bertz CT molecular complexity index is 4340. The van der Waals surface area contributed by atoms with Gasteiger partial charge in [-0.3, -0.25) is 4.98 Å². The highest BCUT2D eigenvalue weighted by molar-refractivity contribution is 6.25. The van der Waals surface area contributed by atoms with Crippen LogP contribution in [0.1, 0.15) is 0 Å². The minimum absolute atomic E-state index is 0.836. The maximum Gasteiger partial charge on any atom is 0.143 e. The van der Waals surface area contributed by atoms with Crippen molar-refractivity contribution in [2.45, 2.75) is 0 Å². The van der Waals surface area contributed by atoms with Crippen molar-refractivity contribution in [3.05, 3.63) is 243 Å². The fourth-order valence-corrected chi connectivity index (χ4v) is 10.7. The highest BCUT2D eigenvalue weighted by Gasteiger charge is 2.17. The number of benzene rings is 12. The molecule has 0 atom stereocenters. The molecule has 0 fully saturated rings. The van der Waals surface area contributed by atoms with Crippen LogP contribution in [0, 0.1) is 0 Å². The molecule has 0 bridgehead atoms. The van der Waals surface area contributed by atoms with Crippen molar-refractivity contribution in [2.75, 3.05) is 0 Å². The molecule has 2 heterocycles. The smallest absolute Gasteiger partial charge is 0.143 e. The fraction of sp³-hybridized carbons (Fsp3) is 0. The van der Waals surface area contributed by atoms with E-state index in [1.807, 2.05) is 18.3 Å². The number of rotatable bonds is 6. The van der Waals surface area contributed by atoms with E-state index in [0.717, 1.165) is 110 Å². The topological polar surface area (TPSA) is 38.9 Å². The lowest BCUT2D eigenvalue weighted by molar-refractivity contribution is 0.670. The van der Waals surface area contributed by atoms with Crippen LogP contribution >= 0.6 is 0 Å². The van der Waals surface area contributed by atoms with Gasteiger partial charge in [0.25, 0.3) is 0 Å². The molecule has 0 aliphatic heterocycles. The van der Waals surface area contributed by atoms with E-state index in [0.29, 0.717) is 0 Å². The van der Waals surface area contributed by atoms with Crippen molar-refractivity contribution in [3.63, 3.8) is 0 Å². The molecule has 0 saturated carbocycles. The zero-order valence-corrected chi connectivity index (χ0v) is 37.4. The molecule has 320 valence electrons. The molecule has 0 aliphatic rings. The molecule has 0 radical (unpaired) electrons. The van der Waals surface area contributed by atoms with Gasteiger partial charge in [0.05, 0.1) is 22.9 Å². The van der Waals surface area contributed by atoms with Gasteiger partial charge in [-0.25, -0.2) is 4.98 Å². The molecule has 0 aliphatic carbocycles. The second-order valence-electron chi connectivity index (χ2n) is 18.0. The van der Waals surface area contributed by atoms with E-state index in [1.54, 1.807) is 0 Å². The zero-order valence-electron chi connectivity index (χ0n) is 37.4. The Kier molecular flexibility index (Phi) is 8.90. The summed E-state index contributed by atoms with van der Waals surface area (Å²) in [6.45, 7) is 0. The fourth-order valence-electron chi connectivity index (χ4n) is 10.7. The maximum absolute atomic E-state index is 6.36. The van der Waals surface area contributed by atoms with E-state index in [9.17, 15) is 0 Å². The quantitative estimate of drug-likeness (QED) is 0.156. The molecular weight excluding hydrogens is 837 g/mol. The van der Waals surface area contributed by atoms with Crippen molar-refractivity contribution < 1.29 is 4.42 Å². The van der Waals surface area contributed by atoms with Gasteiger partial charge in [-0.2, -0.15) is 0 Å². The maximum atomic E-state index is 6.36. The Labute approximate surface area is 398 Å². The number of nitrogens with zero attached hydrogens (tertiary/aromatic N) is 2. The molecule has 3 heteroatoms. The summed E-state index contributed by atoms with van der Waals surface area (Å²) in [5, 5.41) is 11.7. The molecule has 12 aromatic carbocycles. The number of para-hydroxylation sites is 2. The van der Waals surface area contributed by atoms with Crippen LogP contribution in [-0.2, 0) is 0 Å². The summed E-state index contributed by atoms with van der Waals surface area (Å²) >= 11 is 0. The number of aromatic nitrogens is 2. The van der Waals surface area contributed by atoms with Crippen LogP contribution in [-0.4, -0.2) is 9.97 Å². The average Bonchev–Trinajstić information content (AvgIpc) is 3.82. The molecule has 3 nitrogen and oxygen atoms in total. The summed E-state index contributed by atoms with van der Waals surface area (Å²) in [6.07, 6.45) is 1.95. The highest BCUT2D eigenvalue weighted by Crippen LogP contribution is 2.41. The van der Waals surface area contributed by atoms with Crippen molar-refractivity contribution in [1.82, 2.24) is 9.97 Å². The van der Waals surface area contributed by atoms with Gasteiger partial charge in [-0.05, 0) is 107 Å². The number of hydrogen-bond acceptors (Lipinski definition) is 3. The number of hydrogen-bond donors (Lipinski definition) is 0. The minimum Gasteiger partial charge on any atom is -0.455 e. The minimum atomic E-state index is 0.836. The van der Waals surface area contributed by atoms with Gasteiger partial charge in [0, 0.05) is 32.7 Å². The molecule has 0 spiro atoms. The van der Waals surface area contributed by atoms with Crippen LogP contribution in [0.2, 0.25) is 0 Å². The van der Waals surface area contributed by atoms with Crippen molar-refractivity contribution in [1.29, 1.82) is 0 Å². The normalized spacial score (nSPS) is 11.8. The van der Waals surface area contributed by atoms with E-state index >= 15 is 0 Å². The summed E-state index contributed by atoms with van der Waals surface area (Å²) in [5.74, 6) is 0. The molecule has 0 N–H and O–H groups in total. The van der Waals surface area contributed by atoms with Gasteiger partial charge in [0.15, 0.2) is 0 Å². The summed E-state index contributed by atoms with van der Waals surface area (Å²) in [4.78, 5) is 10.8. The lowest BCUT2D eigenvalue weighted by Crippen LogP contribution is -1.94. The Morgan fingerprint density at radius 1 is 0.275 bits per heavy atom. The second kappa shape index (κ2) is 15.7. The zero-order chi connectivity index (χ0) is 45.4. The Balaban J connectivity index is 0.843. The monoisotopic (exact) mass is 876 g/mol. The van der Waals surface area contributed by atoms with Crippen LogP contribution in [0.5, 0.6) is 0 Å². The first kappa shape index (κ1) is 39.0. The molecule has 69 heavy (non-hydrogen) atoms. The third-order valence-electron chi connectivity index (χ3n) is 14.1. The van der Waals surface area contributed by atoms with E-state index < -0.39 is 0 Å². The van der Waals surface area contributed by atoms with Crippen LogP contribution in [0.15, 0.2) is 247 Å². The first-order valence-electron chi connectivity index (χ1n) is 23.5. The van der Waals surface area contributed by atoms with Crippen LogP contribution in [0.25, 0.3) is 143 Å². The third-order valence-corrected chi connectivity index (χ3v) is 14.1. The van der Waals surface area contributed by atoms with E-state index in [-0.39, 0.29) is 0 Å². The molecule has 14 aromatic rings. The molecule has 0 amide bonds. The Morgan fingerprint density at radius 3 is 1.41 bits per heavy atom. The van der Waals surface area contributed by atoms with Gasteiger partial charge in [-0.1, -0.05) is 212 Å². The molecule has 0 unspecified atom stereocenters. The summed E-state index contributed by atoms with van der Waals surface area (Å²) in [5.41, 5.74) is 17.0. The Morgan fingerprint density at radius 2 is 0.754 bits per heavy atom. The van der Waals surface area contributed by atoms with Gasteiger partial charge in [0.2, 0.25) is 0 Å². The number of fused-ring (bicyclic) bond motifs is 11. The summed E-state index contributed by atoms with van der Waals surface area (Å²) in [7, 11) is 0. The second-order valence-corrected chi connectivity index (χ2v) is 18.0. The SMILES string of the molecule is c1cc(-c2ccc(-c3cnc4c5cc(-c6cccc7ccccc67)ccc5c5ccc(-c6cccc7ccccc67)cc5c4n3)cc2)cc(-c2ccc(-c3cccc4c3oc3ccccc34)cc2)c1. The summed E-state index contributed by atoms with van der Waals surface area (Å²) in [6, 6.07) is 85.0. The van der Waals surface area contributed by atoms with E-state index in [2.05, 4.69) is 224 Å². The lowest BCUT2D eigenvalue weighted by Gasteiger charge is -2.15. The standard InChI is InChI=1S/C66H40N2O/c1-3-17-51-43(11-1)13-8-20-53(51)49-33-35-56-57-36-34-50(54-21-9-14-44-12-2-4-18-52(44)54)39-61(57)65-64(60(56)38-49)67-40-62(68-65)46-31-27-42(28-32-46)48-16-7-15-47(37-48)41-25-29-45(30-26-41)55-22-10-23-59-58-19-5-6-24-63(58)69-66(55)59/h1-40H. The highest BCUT2D eigenvalue weighted by atomic mass is 16.3. The third kappa shape index (κ3) is 6.51. The average molecular weight is 877 g/mol. The van der Waals surface area contributed by atoms with Gasteiger partial charge >= 0.3 is 0 Å². The number of furan rings is 1. The first-order valence-corrected chi connectivity index (χ1v) is 23.5. The van der Waals surface area contributed by atoms with Crippen molar-refractivity contribution in [2.24, 2.45) is 0 Å². The van der Waals surface area contributed by atoms with Crippen molar-refractivity contribution >= 4 is 76.1 Å². The molecule has 2 aromatic heterocycles. The largest absolute Gasteiger partial charge is 0.455 e. The predicted molar refractivity (Wildman–Crippen MR) is 289 cm³/mol. The van der Waals surface area contributed by atoms with Gasteiger partial charge < -0.3 is 4.42 Å². The molecule has 0 saturated heterocycles. The van der Waals surface area contributed by atoms with Crippen LogP contribution in [0.3, 0.4) is 0 Å². The van der Waals surface area contributed by atoms with Crippen LogP contribution < -0.4 is 0 Å². The predicted octanol–water partition coefficient (Wildman–Crippen LogP) is 18.1.